The SMILES string of the molecule is CC(C)c1cc(C(C)C)c(B2c3ccc(N(c4ccccc4)c4ccccc4)cc3-c3cc(N(c4ccccc4)c4ccccc4)ccc32)c(C(C)C)c1. The highest BCUT2D eigenvalue weighted by molar-refractivity contribution is 6.99. The van der Waals surface area contributed by atoms with E-state index < -0.39 is 0 Å². The first-order valence-electron chi connectivity index (χ1n) is 19.6. The molecule has 1 heterocycles. The Morgan fingerprint density at radius 2 is 0.685 bits per heavy atom. The molecule has 0 saturated carbocycles. The highest BCUT2D eigenvalue weighted by Gasteiger charge is 2.38. The summed E-state index contributed by atoms with van der Waals surface area (Å²) in [6, 6.07) is 62.4. The molecule has 0 N–H and O–H groups in total. The minimum absolute atomic E-state index is 0.123. The zero-order valence-corrected chi connectivity index (χ0v) is 32.4. The van der Waals surface area contributed by atoms with Crippen molar-refractivity contribution in [1.29, 1.82) is 0 Å². The van der Waals surface area contributed by atoms with Crippen LogP contribution in [0.25, 0.3) is 11.1 Å². The average Bonchev–Trinajstić information content (AvgIpc) is 3.52. The number of nitrogens with zero attached hydrogens (tertiary/aromatic N) is 2. The number of rotatable bonds is 10. The van der Waals surface area contributed by atoms with Crippen molar-refractivity contribution >= 4 is 57.2 Å². The largest absolute Gasteiger partial charge is 0.310 e. The van der Waals surface area contributed by atoms with Gasteiger partial charge in [0.05, 0.1) is 0 Å². The lowest BCUT2D eigenvalue weighted by Gasteiger charge is -2.28. The Morgan fingerprint density at radius 1 is 0.352 bits per heavy atom. The topological polar surface area (TPSA) is 6.48 Å². The van der Waals surface area contributed by atoms with Gasteiger partial charge >= 0.3 is 0 Å². The molecule has 1 aliphatic rings. The van der Waals surface area contributed by atoms with Crippen LogP contribution in [0.15, 0.2) is 170 Å². The molecule has 7 aromatic rings. The summed E-state index contributed by atoms with van der Waals surface area (Å²) in [7, 11) is 0. The molecule has 2 nitrogen and oxygen atoms in total. The molecule has 0 aromatic heterocycles. The second kappa shape index (κ2) is 14.9. The van der Waals surface area contributed by atoms with Gasteiger partial charge in [-0.15, -0.1) is 0 Å². The van der Waals surface area contributed by atoms with Crippen LogP contribution < -0.4 is 26.2 Å². The zero-order chi connectivity index (χ0) is 37.3. The van der Waals surface area contributed by atoms with Gasteiger partial charge in [-0.3, -0.25) is 0 Å². The number of anilines is 6. The molecule has 3 heteroatoms. The second-order valence-electron chi connectivity index (χ2n) is 15.6. The van der Waals surface area contributed by atoms with Gasteiger partial charge in [0.1, 0.15) is 0 Å². The molecule has 0 unspecified atom stereocenters. The maximum Gasteiger partial charge on any atom is 0.243 e. The fourth-order valence-electron chi connectivity index (χ4n) is 8.36. The van der Waals surface area contributed by atoms with Gasteiger partial charge in [0.15, 0.2) is 0 Å². The van der Waals surface area contributed by atoms with Gasteiger partial charge in [0, 0.05) is 34.1 Å². The molecular formula is C51H49BN2. The van der Waals surface area contributed by atoms with Gasteiger partial charge in [-0.05, 0) is 118 Å². The molecule has 54 heavy (non-hydrogen) atoms. The summed E-state index contributed by atoms with van der Waals surface area (Å²) < 4.78 is 0. The van der Waals surface area contributed by atoms with Gasteiger partial charge < -0.3 is 9.80 Å². The second-order valence-corrected chi connectivity index (χ2v) is 15.6. The Hall–Kier alpha value is -5.80. The average molecular weight is 701 g/mol. The van der Waals surface area contributed by atoms with Crippen LogP contribution in [-0.2, 0) is 0 Å². The predicted octanol–water partition coefficient (Wildman–Crippen LogP) is 12.5. The number of hydrogen-bond donors (Lipinski definition) is 0. The van der Waals surface area contributed by atoms with Crippen LogP contribution in [0.4, 0.5) is 34.1 Å². The summed E-state index contributed by atoms with van der Waals surface area (Å²) in [5.74, 6) is 1.24. The molecule has 0 fully saturated rings. The molecular weight excluding hydrogens is 651 g/mol. The van der Waals surface area contributed by atoms with E-state index in [1.165, 1.54) is 44.2 Å². The first kappa shape index (κ1) is 35.2. The van der Waals surface area contributed by atoms with Crippen LogP contribution in [0.3, 0.4) is 0 Å². The molecule has 0 radical (unpaired) electrons. The Bertz CT molecular complexity index is 2130. The third-order valence-corrected chi connectivity index (χ3v) is 11.0. The lowest BCUT2D eigenvalue weighted by molar-refractivity contribution is 0.812. The Balaban J connectivity index is 1.40. The monoisotopic (exact) mass is 700 g/mol. The Morgan fingerprint density at radius 3 is 0.981 bits per heavy atom. The zero-order valence-electron chi connectivity index (χ0n) is 32.4. The van der Waals surface area contributed by atoms with Crippen molar-refractivity contribution in [3.63, 3.8) is 0 Å². The minimum Gasteiger partial charge on any atom is -0.310 e. The molecule has 7 aromatic carbocycles. The van der Waals surface area contributed by atoms with E-state index in [0.29, 0.717) is 17.8 Å². The van der Waals surface area contributed by atoms with Gasteiger partial charge in [0.25, 0.3) is 0 Å². The van der Waals surface area contributed by atoms with Crippen molar-refractivity contribution in [2.24, 2.45) is 0 Å². The third-order valence-electron chi connectivity index (χ3n) is 11.0. The van der Waals surface area contributed by atoms with Crippen molar-refractivity contribution < 1.29 is 0 Å². The van der Waals surface area contributed by atoms with Crippen LogP contribution in [0.2, 0.25) is 0 Å². The van der Waals surface area contributed by atoms with Crippen molar-refractivity contribution in [2.75, 3.05) is 9.80 Å². The van der Waals surface area contributed by atoms with E-state index in [2.05, 4.69) is 221 Å². The maximum atomic E-state index is 2.51. The van der Waals surface area contributed by atoms with E-state index in [1.54, 1.807) is 0 Å². The standard InChI is InChI=1S/C51H49BN2/c1-35(2)38-31-45(36(3)4)51(46(32-38)37(5)6)52-49-29-27-43(53(39-19-11-7-12-20-39)40-21-13-8-14-22-40)33-47(49)48-34-44(28-30-50(48)52)54(41-23-15-9-16-24-41)42-25-17-10-18-26-42/h7-37H,1-6H3. The molecule has 1 aliphatic heterocycles. The normalized spacial score (nSPS) is 12.0. The van der Waals surface area contributed by atoms with Crippen LogP contribution in [0.1, 0.15) is 76.0 Å². The third kappa shape index (κ3) is 6.53. The van der Waals surface area contributed by atoms with Crippen molar-refractivity contribution in [3.05, 3.63) is 187 Å². The molecule has 0 amide bonds. The van der Waals surface area contributed by atoms with Gasteiger partial charge in [-0.2, -0.15) is 0 Å². The molecule has 8 rings (SSSR count). The Labute approximate surface area is 322 Å². The first-order valence-corrected chi connectivity index (χ1v) is 19.6. The molecule has 0 spiro atoms. The summed E-state index contributed by atoms with van der Waals surface area (Å²) in [6.07, 6.45) is 0. The lowest BCUT2D eigenvalue weighted by atomic mass is 9.36. The molecule has 0 bridgehead atoms. The molecule has 266 valence electrons. The summed E-state index contributed by atoms with van der Waals surface area (Å²) >= 11 is 0. The first-order chi connectivity index (χ1) is 26.3. The van der Waals surface area contributed by atoms with Gasteiger partial charge in [-0.25, -0.2) is 0 Å². The van der Waals surface area contributed by atoms with Crippen LogP contribution in [0, 0.1) is 0 Å². The minimum atomic E-state index is 0.123. The highest BCUT2D eigenvalue weighted by Crippen LogP contribution is 2.41. The number of hydrogen-bond acceptors (Lipinski definition) is 2. The van der Waals surface area contributed by atoms with Gasteiger partial charge in [-0.1, -0.05) is 155 Å². The smallest absolute Gasteiger partial charge is 0.243 e. The lowest BCUT2D eigenvalue weighted by Crippen LogP contribution is -2.52. The summed E-state index contributed by atoms with van der Waals surface area (Å²) in [5, 5.41) is 0. The maximum absolute atomic E-state index is 2.51. The number of para-hydroxylation sites is 4. The molecule has 0 saturated heterocycles. The van der Waals surface area contributed by atoms with E-state index >= 15 is 0 Å². The molecule has 0 aliphatic carbocycles. The highest BCUT2D eigenvalue weighted by atomic mass is 15.1. The summed E-state index contributed by atoms with van der Waals surface area (Å²) in [5.41, 5.74) is 18.0. The van der Waals surface area contributed by atoms with Crippen LogP contribution in [0.5, 0.6) is 0 Å². The summed E-state index contributed by atoms with van der Waals surface area (Å²) in [4.78, 5) is 4.77. The fourth-order valence-corrected chi connectivity index (χ4v) is 8.36. The van der Waals surface area contributed by atoms with Crippen LogP contribution in [-0.4, -0.2) is 6.71 Å². The van der Waals surface area contributed by atoms with E-state index in [-0.39, 0.29) is 6.71 Å². The van der Waals surface area contributed by atoms with Crippen molar-refractivity contribution in [2.45, 2.75) is 59.3 Å². The summed E-state index contributed by atoms with van der Waals surface area (Å²) in [6.45, 7) is 14.2. The van der Waals surface area contributed by atoms with Crippen molar-refractivity contribution in [3.8, 4) is 11.1 Å². The number of benzene rings is 7. The van der Waals surface area contributed by atoms with Crippen LogP contribution >= 0.6 is 0 Å². The predicted molar refractivity (Wildman–Crippen MR) is 235 cm³/mol. The molecule has 0 atom stereocenters. The van der Waals surface area contributed by atoms with E-state index in [4.69, 9.17) is 0 Å². The Kier molecular flexibility index (Phi) is 9.73. The number of fused-ring (bicyclic) bond motifs is 3. The van der Waals surface area contributed by atoms with E-state index in [9.17, 15) is 0 Å². The van der Waals surface area contributed by atoms with Gasteiger partial charge in [0.2, 0.25) is 6.71 Å². The quantitative estimate of drug-likeness (QED) is 0.131. The van der Waals surface area contributed by atoms with E-state index in [0.717, 1.165) is 34.1 Å². The fraction of sp³-hybridized carbons (Fsp3) is 0.176. The van der Waals surface area contributed by atoms with E-state index in [1.807, 2.05) is 0 Å². The van der Waals surface area contributed by atoms with Crippen molar-refractivity contribution in [1.82, 2.24) is 0 Å².